The predicted molar refractivity (Wildman–Crippen MR) is 113 cm³/mol. The van der Waals surface area contributed by atoms with Crippen LogP contribution in [0.3, 0.4) is 0 Å². The van der Waals surface area contributed by atoms with Crippen LogP contribution in [-0.4, -0.2) is 15.3 Å². The van der Waals surface area contributed by atoms with Gasteiger partial charge in [0.15, 0.2) is 5.75 Å². The topological polar surface area (TPSA) is 67.4 Å². The minimum absolute atomic E-state index is 0.0583. The number of halogens is 1. The number of hydrogen-bond donors (Lipinski definition) is 2. The summed E-state index contributed by atoms with van der Waals surface area (Å²) in [5, 5.41) is 18.5. The molecule has 0 saturated heterocycles. The number of phenols is 1. The summed E-state index contributed by atoms with van der Waals surface area (Å²) in [7, 11) is 0. The van der Waals surface area contributed by atoms with Gasteiger partial charge in [0.25, 0.3) is 0 Å². The number of nitrogens with one attached hydrogen (secondary N) is 1. The number of H-pyrrole nitrogens is 1. The van der Waals surface area contributed by atoms with E-state index in [1.54, 1.807) is 18.2 Å². The number of hydrogen-bond acceptors (Lipinski definition) is 4. The van der Waals surface area contributed by atoms with Crippen molar-refractivity contribution in [1.29, 1.82) is 0 Å². The number of aromatic nitrogens is 2. The molecule has 0 unspecified atom stereocenters. The van der Waals surface area contributed by atoms with E-state index >= 15 is 0 Å². The Morgan fingerprint density at radius 1 is 0.966 bits per heavy atom. The maximum absolute atomic E-state index is 10.6. The maximum atomic E-state index is 10.6. The average molecular weight is 407 g/mol. The molecule has 0 aliphatic carbocycles. The van der Waals surface area contributed by atoms with Gasteiger partial charge in [-0.15, -0.1) is 0 Å². The van der Waals surface area contributed by atoms with Crippen molar-refractivity contribution in [2.75, 3.05) is 0 Å². The van der Waals surface area contributed by atoms with Crippen molar-refractivity contribution in [1.82, 2.24) is 10.2 Å². The third-order valence-electron chi connectivity index (χ3n) is 4.40. The van der Waals surface area contributed by atoms with Crippen molar-refractivity contribution in [2.45, 2.75) is 13.5 Å². The maximum Gasteiger partial charge on any atom is 0.176 e. The van der Waals surface area contributed by atoms with Gasteiger partial charge < -0.3 is 14.6 Å². The molecule has 5 nitrogen and oxygen atoms in total. The quantitative estimate of drug-likeness (QED) is 0.405. The van der Waals surface area contributed by atoms with E-state index in [2.05, 4.69) is 10.2 Å². The van der Waals surface area contributed by atoms with E-state index in [-0.39, 0.29) is 5.75 Å². The highest BCUT2D eigenvalue weighted by Crippen LogP contribution is 2.39. The second-order valence-corrected chi connectivity index (χ2v) is 6.97. The van der Waals surface area contributed by atoms with E-state index in [0.29, 0.717) is 40.1 Å². The molecule has 0 bridgehead atoms. The number of phenolic OH excluding ortho intramolecular Hbond substituents is 1. The smallest absolute Gasteiger partial charge is 0.176 e. The van der Waals surface area contributed by atoms with Gasteiger partial charge in [0.2, 0.25) is 0 Å². The number of aryl methyl sites for hydroxylation is 1. The summed E-state index contributed by atoms with van der Waals surface area (Å²) < 4.78 is 11.8. The normalized spacial score (nSPS) is 10.7. The van der Waals surface area contributed by atoms with Crippen molar-refractivity contribution in [3.8, 4) is 34.3 Å². The molecule has 0 radical (unpaired) electrons. The molecule has 146 valence electrons. The second-order valence-electron chi connectivity index (χ2n) is 6.54. The standard InChI is InChI=1S/C23H19ClN2O3/c1-15-23(29-18-5-3-2-4-6-18)22(26-25-15)20-12-11-19(13-21(20)27)28-14-16-7-9-17(24)10-8-16/h2-13,27H,14H2,1H3,(H,25,26). The number of aromatic hydroxyl groups is 1. The molecule has 0 spiro atoms. The largest absolute Gasteiger partial charge is 0.507 e. The van der Waals surface area contributed by atoms with E-state index < -0.39 is 0 Å². The Hall–Kier alpha value is -3.44. The Bertz CT molecular complexity index is 1110. The van der Waals surface area contributed by atoms with Gasteiger partial charge >= 0.3 is 0 Å². The molecule has 29 heavy (non-hydrogen) atoms. The zero-order chi connectivity index (χ0) is 20.2. The molecular weight excluding hydrogens is 388 g/mol. The predicted octanol–water partition coefficient (Wildman–Crippen LogP) is 6.12. The number of benzene rings is 3. The highest BCUT2D eigenvalue weighted by atomic mass is 35.5. The minimum atomic E-state index is 0.0583. The number of para-hydroxylation sites is 1. The van der Waals surface area contributed by atoms with Crippen LogP contribution in [0.15, 0.2) is 72.8 Å². The Morgan fingerprint density at radius 2 is 1.72 bits per heavy atom. The molecule has 1 heterocycles. The van der Waals surface area contributed by atoms with Crippen LogP contribution in [0, 0.1) is 6.92 Å². The summed E-state index contributed by atoms with van der Waals surface area (Å²) in [6.07, 6.45) is 0. The fraction of sp³-hybridized carbons (Fsp3) is 0.0870. The molecule has 0 amide bonds. The third-order valence-corrected chi connectivity index (χ3v) is 4.65. The SMILES string of the molecule is Cc1[nH]nc(-c2ccc(OCc3ccc(Cl)cc3)cc2O)c1Oc1ccccc1. The van der Waals surface area contributed by atoms with Crippen molar-refractivity contribution >= 4 is 11.6 Å². The second kappa shape index (κ2) is 8.29. The summed E-state index contributed by atoms with van der Waals surface area (Å²) in [5.74, 6) is 1.88. The molecule has 4 aromatic rings. The van der Waals surface area contributed by atoms with E-state index in [9.17, 15) is 5.11 Å². The third kappa shape index (κ3) is 4.36. The fourth-order valence-electron chi connectivity index (χ4n) is 2.88. The van der Waals surface area contributed by atoms with Crippen LogP contribution >= 0.6 is 11.6 Å². The lowest BCUT2D eigenvalue weighted by Gasteiger charge is -2.10. The monoisotopic (exact) mass is 406 g/mol. The average Bonchev–Trinajstić information content (AvgIpc) is 3.08. The van der Waals surface area contributed by atoms with Gasteiger partial charge in [-0.05, 0) is 48.9 Å². The zero-order valence-corrected chi connectivity index (χ0v) is 16.5. The molecule has 1 aromatic heterocycles. The van der Waals surface area contributed by atoms with Gasteiger partial charge in [-0.3, -0.25) is 5.10 Å². The Balaban J connectivity index is 1.54. The lowest BCUT2D eigenvalue weighted by atomic mass is 10.1. The molecule has 4 rings (SSSR count). The first kappa shape index (κ1) is 18.9. The number of rotatable bonds is 6. The molecule has 2 N–H and O–H groups in total. The first-order valence-corrected chi connectivity index (χ1v) is 9.46. The van der Waals surface area contributed by atoms with Crippen molar-refractivity contribution in [3.63, 3.8) is 0 Å². The van der Waals surface area contributed by atoms with Gasteiger partial charge in [0, 0.05) is 16.7 Å². The van der Waals surface area contributed by atoms with Crippen LogP contribution in [0.2, 0.25) is 5.02 Å². The lowest BCUT2D eigenvalue weighted by Crippen LogP contribution is -1.95. The summed E-state index contributed by atoms with van der Waals surface area (Å²) in [5.41, 5.74) is 2.85. The van der Waals surface area contributed by atoms with Gasteiger partial charge in [0.05, 0.1) is 5.69 Å². The molecule has 6 heteroatoms. The lowest BCUT2D eigenvalue weighted by molar-refractivity contribution is 0.304. The summed E-state index contributed by atoms with van der Waals surface area (Å²) in [6.45, 7) is 2.25. The highest BCUT2D eigenvalue weighted by molar-refractivity contribution is 6.30. The van der Waals surface area contributed by atoms with Gasteiger partial charge in [-0.2, -0.15) is 5.10 Å². The molecular formula is C23H19ClN2O3. The molecule has 3 aromatic carbocycles. The first-order chi connectivity index (χ1) is 14.1. The fourth-order valence-corrected chi connectivity index (χ4v) is 3.01. The molecule has 0 aliphatic rings. The number of ether oxygens (including phenoxy) is 2. The molecule has 0 saturated carbocycles. The van der Waals surface area contributed by atoms with E-state index in [1.165, 1.54) is 0 Å². The van der Waals surface area contributed by atoms with Gasteiger partial charge in [-0.25, -0.2) is 0 Å². The van der Waals surface area contributed by atoms with Crippen LogP contribution in [-0.2, 0) is 6.61 Å². The summed E-state index contributed by atoms with van der Waals surface area (Å²) in [6, 6.07) is 22.0. The van der Waals surface area contributed by atoms with E-state index in [0.717, 1.165) is 11.3 Å². The van der Waals surface area contributed by atoms with E-state index in [4.69, 9.17) is 21.1 Å². The minimum Gasteiger partial charge on any atom is -0.507 e. The Kier molecular flexibility index (Phi) is 5.40. The van der Waals surface area contributed by atoms with Crippen LogP contribution < -0.4 is 9.47 Å². The summed E-state index contributed by atoms with van der Waals surface area (Å²) in [4.78, 5) is 0. The van der Waals surface area contributed by atoms with Gasteiger partial charge in [0.1, 0.15) is 29.5 Å². The van der Waals surface area contributed by atoms with Crippen LogP contribution in [0.1, 0.15) is 11.3 Å². The Morgan fingerprint density at radius 3 is 2.45 bits per heavy atom. The summed E-state index contributed by atoms with van der Waals surface area (Å²) >= 11 is 5.90. The van der Waals surface area contributed by atoms with E-state index in [1.807, 2.05) is 61.5 Å². The van der Waals surface area contributed by atoms with Crippen molar-refractivity contribution in [3.05, 3.63) is 89.1 Å². The first-order valence-electron chi connectivity index (χ1n) is 9.08. The van der Waals surface area contributed by atoms with Crippen LogP contribution in [0.4, 0.5) is 0 Å². The zero-order valence-electron chi connectivity index (χ0n) is 15.7. The number of nitrogens with zero attached hydrogens (tertiary/aromatic N) is 1. The Labute approximate surface area is 173 Å². The number of aromatic amines is 1. The van der Waals surface area contributed by atoms with Gasteiger partial charge in [-0.1, -0.05) is 41.9 Å². The van der Waals surface area contributed by atoms with Crippen LogP contribution in [0.5, 0.6) is 23.0 Å². The van der Waals surface area contributed by atoms with Crippen molar-refractivity contribution < 1.29 is 14.6 Å². The molecule has 0 fully saturated rings. The molecule has 0 aliphatic heterocycles. The van der Waals surface area contributed by atoms with Crippen LogP contribution in [0.25, 0.3) is 11.3 Å². The van der Waals surface area contributed by atoms with Crippen molar-refractivity contribution in [2.24, 2.45) is 0 Å². The molecule has 0 atom stereocenters. The highest BCUT2D eigenvalue weighted by Gasteiger charge is 2.18.